The minimum absolute atomic E-state index is 0.118. The highest BCUT2D eigenvalue weighted by Gasteiger charge is 2.30. The number of amides is 1. The van der Waals surface area contributed by atoms with Crippen LogP contribution in [0, 0.1) is 5.92 Å². The zero-order valence-electron chi connectivity index (χ0n) is 9.93. The maximum Gasteiger partial charge on any atom is 0.289 e. The normalized spacial score (nSPS) is 21.8. The Kier molecular flexibility index (Phi) is 3.49. The Morgan fingerprint density at radius 3 is 3.00 bits per heavy atom. The average molecular weight is 238 g/mol. The average Bonchev–Trinajstić information content (AvgIpc) is 2.97. The van der Waals surface area contributed by atoms with Gasteiger partial charge in [0.05, 0.1) is 12.6 Å². The summed E-state index contributed by atoms with van der Waals surface area (Å²) in [5.41, 5.74) is 5.43. The van der Waals surface area contributed by atoms with E-state index in [-0.39, 0.29) is 17.9 Å². The Morgan fingerprint density at radius 1 is 1.71 bits per heavy atom. The van der Waals surface area contributed by atoms with E-state index in [0.29, 0.717) is 31.2 Å². The van der Waals surface area contributed by atoms with E-state index in [1.165, 1.54) is 0 Å². The molecule has 2 heterocycles. The standard InChI is InChI=1S/C12H18N2O3/c1-8(15)9-4-5-14(7-9)12(16)11-3-2-10(6-13)17-11/h2-3,8-9,15H,4-7,13H2,1H3. The van der Waals surface area contributed by atoms with E-state index in [4.69, 9.17) is 10.2 Å². The molecule has 2 atom stereocenters. The van der Waals surface area contributed by atoms with Gasteiger partial charge in [-0.2, -0.15) is 0 Å². The van der Waals surface area contributed by atoms with Gasteiger partial charge in [0, 0.05) is 19.0 Å². The summed E-state index contributed by atoms with van der Waals surface area (Å²) >= 11 is 0. The molecule has 5 nitrogen and oxygen atoms in total. The first-order valence-electron chi connectivity index (χ1n) is 5.88. The van der Waals surface area contributed by atoms with E-state index in [0.717, 1.165) is 6.42 Å². The van der Waals surface area contributed by atoms with Gasteiger partial charge in [-0.3, -0.25) is 4.79 Å². The summed E-state index contributed by atoms with van der Waals surface area (Å²) in [6.45, 7) is 3.32. The summed E-state index contributed by atoms with van der Waals surface area (Å²) in [4.78, 5) is 13.8. The number of likely N-dealkylation sites (tertiary alicyclic amines) is 1. The molecule has 0 spiro atoms. The highest BCUT2D eigenvalue weighted by atomic mass is 16.4. The Balaban J connectivity index is 2.01. The van der Waals surface area contributed by atoms with Gasteiger partial charge >= 0.3 is 0 Å². The summed E-state index contributed by atoms with van der Waals surface area (Å²) in [5, 5.41) is 9.49. The SMILES string of the molecule is CC(O)C1CCN(C(=O)c2ccc(CN)o2)C1. The van der Waals surface area contributed by atoms with Crippen LogP contribution in [0.15, 0.2) is 16.5 Å². The van der Waals surface area contributed by atoms with Gasteiger partial charge in [0.25, 0.3) is 5.91 Å². The Bertz CT molecular complexity index is 400. The third-order valence-corrected chi connectivity index (χ3v) is 3.27. The first-order valence-corrected chi connectivity index (χ1v) is 5.88. The summed E-state index contributed by atoms with van der Waals surface area (Å²) in [6.07, 6.45) is 0.470. The monoisotopic (exact) mass is 238 g/mol. The first-order chi connectivity index (χ1) is 8.11. The number of carbonyl (C=O) groups excluding carboxylic acids is 1. The number of furan rings is 1. The largest absolute Gasteiger partial charge is 0.455 e. The van der Waals surface area contributed by atoms with Crippen molar-refractivity contribution in [2.24, 2.45) is 11.7 Å². The van der Waals surface area contributed by atoms with Crippen LogP contribution in [-0.2, 0) is 6.54 Å². The third-order valence-electron chi connectivity index (χ3n) is 3.27. The summed E-state index contributed by atoms with van der Waals surface area (Å²) in [5.74, 6) is 0.993. The van der Waals surface area contributed by atoms with E-state index in [9.17, 15) is 9.90 Å². The van der Waals surface area contributed by atoms with E-state index < -0.39 is 0 Å². The topological polar surface area (TPSA) is 79.7 Å². The fourth-order valence-corrected chi connectivity index (χ4v) is 2.12. The maximum absolute atomic E-state index is 12.1. The highest BCUT2D eigenvalue weighted by Crippen LogP contribution is 2.22. The lowest BCUT2D eigenvalue weighted by atomic mass is 10.0. The van der Waals surface area contributed by atoms with Crippen molar-refractivity contribution in [3.8, 4) is 0 Å². The van der Waals surface area contributed by atoms with E-state index in [1.807, 2.05) is 0 Å². The Hall–Kier alpha value is -1.33. The number of hydrogen-bond acceptors (Lipinski definition) is 4. The molecule has 1 aliphatic heterocycles. The van der Waals surface area contributed by atoms with Crippen molar-refractivity contribution in [3.63, 3.8) is 0 Å². The van der Waals surface area contributed by atoms with Gasteiger partial charge in [0.1, 0.15) is 5.76 Å². The van der Waals surface area contributed by atoms with Crippen molar-refractivity contribution < 1.29 is 14.3 Å². The number of nitrogens with two attached hydrogens (primary N) is 1. The van der Waals surface area contributed by atoms with Gasteiger partial charge < -0.3 is 20.2 Å². The van der Waals surface area contributed by atoms with Gasteiger partial charge in [-0.25, -0.2) is 0 Å². The third kappa shape index (κ3) is 2.50. The van der Waals surface area contributed by atoms with Crippen LogP contribution < -0.4 is 5.73 Å². The fourth-order valence-electron chi connectivity index (χ4n) is 2.12. The van der Waals surface area contributed by atoms with Crippen LogP contribution in [0.1, 0.15) is 29.7 Å². The summed E-state index contributed by atoms with van der Waals surface area (Å²) < 4.78 is 5.32. The summed E-state index contributed by atoms with van der Waals surface area (Å²) in [6, 6.07) is 3.37. The molecule has 0 aromatic carbocycles. The van der Waals surface area contributed by atoms with Gasteiger partial charge in [-0.05, 0) is 25.5 Å². The molecule has 2 unspecified atom stereocenters. The molecule has 1 saturated heterocycles. The predicted octanol–water partition coefficient (Wildman–Crippen LogP) is 0.581. The van der Waals surface area contributed by atoms with Crippen LogP contribution in [0.25, 0.3) is 0 Å². The van der Waals surface area contributed by atoms with Crippen LogP contribution >= 0.6 is 0 Å². The minimum Gasteiger partial charge on any atom is -0.455 e. The molecule has 1 aromatic heterocycles. The van der Waals surface area contributed by atoms with Crippen LogP contribution in [0.2, 0.25) is 0 Å². The molecule has 94 valence electrons. The van der Waals surface area contributed by atoms with Crippen molar-refractivity contribution in [3.05, 3.63) is 23.7 Å². The Labute approximate surface area is 100 Å². The van der Waals surface area contributed by atoms with Crippen LogP contribution in [0.5, 0.6) is 0 Å². The molecule has 0 radical (unpaired) electrons. The van der Waals surface area contributed by atoms with Gasteiger partial charge in [0.15, 0.2) is 5.76 Å². The lowest BCUT2D eigenvalue weighted by Crippen LogP contribution is -2.30. The van der Waals surface area contributed by atoms with Crippen molar-refractivity contribution >= 4 is 5.91 Å². The number of aliphatic hydroxyl groups is 1. The number of rotatable bonds is 3. The smallest absolute Gasteiger partial charge is 0.289 e. The van der Waals surface area contributed by atoms with Crippen LogP contribution in [-0.4, -0.2) is 35.1 Å². The highest BCUT2D eigenvalue weighted by molar-refractivity contribution is 5.91. The molecule has 3 N–H and O–H groups in total. The fraction of sp³-hybridized carbons (Fsp3) is 0.583. The molecule has 1 amide bonds. The molecule has 0 aliphatic carbocycles. The molecule has 1 aliphatic rings. The zero-order chi connectivity index (χ0) is 12.4. The van der Waals surface area contributed by atoms with Gasteiger partial charge in [0.2, 0.25) is 0 Å². The van der Waals surface area contributed by atoms with Crippen molar-refractivity contribution in [1.82, 2.24) is 4.90 Å². The molecular formula is C12H18N2O3. The molecule has 1 aromatic rings. The molecular weight excluding hydrogens is 220 g/mol. The minimum atomic E-state index is -0.371. The van der Waals surface area contributed by atoms with Crippen LogP contribution in [0.4, 0.5) is 0 Å². The second-order valence-corrected chi connectivity index (χ2v) is 4.51. The molecule has 0 bridgehead atoms. The van der Waals surface area contributed by atoms with Crippen molar-refractivity contribution in [2.75, 3.05) is 13.1 Å². The zero-order valence-corrected chi connectivity index (χ0v) is 9.93. The number of aliphatic hydroxyl groups excluding tert-OH is 1. The van der Waals surface area contributed by atoms with E-state index >= 15 is 0 Å². The van der Waals surface area contributed by atoms with Crippen LogP contribution in [0.3, 0.4) is 0 Å². The van der Waals surface area contributed by atoms with E-state index in [1.54, 1.807) is 24.0 Å². The lowest BCUT2D eigenvalue weighted by molar-refractivity contribution is 0.0730. The van der Waals surface area contributed by atoms with Crippen molar-refractivity contribution in [2.45, 2.75) is 26.0 Å². The van der Waals surface area contributed by atoms with E-state index in [2.05, 4.69) is 0 Å². The number of hydrogen-bond donors (Lipinski definition) is 2. The molecule has 5 heteroatoms. The molecule has 2 rings (SSSR count). The second-order valence-electron chi connectivity index (χ2n) is 4.51. The van der Waals surface area contributed by atoms with Gasteiger partial charge in [-0.1, -0.05) is 0 Å². The quantitative estimate of drug-likeness (QED) is 0.807. The predicted molar refractivity (Wildman–Crippen MR) is 62.3 cm³/mol. The molecule has 1 fully saturated rings. The molecule has 17 heavy (non-hydrogen) atoms. The molecule has 0 saturated carbocycles. The lowest BCUT2D eigenvalue weighted by Gasteiger charge is -2.16. The van der Waals surface area contributed by atoms with Gasteiger partial charge in [-0.15, -0.1) is 0 Å². The maximum atomic E-state index is 12.1. The van der Waals surface area contributed by atoms with Crippen molar-refractivity contribution in [1.29, 1.82) is 0 Å². The second kappa shape index (κ2) is 4.89. The number of carbonyl (C=O) groups is 1. The Morgan fingerprint density at radius 2 is 2.47 bits per heavy atom. The number of nitrogens with zero attached hydrogens (tertiary/aromatic N) is 1. The first kappa shape index (κ1) is 12.1. The summed E-state index contributed by atoms with van der Waals surface area (Å²) in [7, 11) is 0.